The first-order chi connectivity index (χ1) is 11.2. The fourth-order valence-electron chi connectivity index (χ4n) is 2.92. The molecule has 0 fully saturated rings. The van der Waals surface area contributed by atoms with Crippen molar-refractivity contribution in [2.75, 3.05) is 0 Å². The van der Waals surface area contributed by atoms with Gasteiger partial charge in [0.05, 0.1) is 34.9 Å². The Morgan fingerprint density at radius 2 is 2.13 bits per heavy atom. The summed E-state index contributed by atoms with van der Waals surface area (Å²) in [6.07, 6.45) is 5.87. The monoisotopic (exact) mass is 344 g/mol. The second kappa shape index (κ2) is 5.55. The molecule has 3 heterocycles. The van der Waals surface area contributed by atoms with Gasteiger partial charge in [0.2, 0.25) is 0 Å². The third-order valence-corrected chi connectivity index (χ3v) is 4.48. The molecule has 0 saturated carbocycles. The molecular formula is C17H14Cl2N4. The summed E-state index contributed by atoms with van der Waals surface area (Å²) in [7, 11) is 0. The second-order valence-electron chi connectivity index (χ2n) is 5.41. The van der Waals surface area contributed by atoms with Crippen LogP contribution < -0.4 is 0 Å². The van der Waals surface area contributed by atoms with E-state index in [1.165, 1.54) is 0 Å². The van der Waals surface area contributed by atoms with E-state index in [-0.39, 0.29) is 0 Å². The maximum absolute atomic E-state index is 6.45. The highest BCUT2D eigenvalue weighted by Gasteiger charge is 2.21. The maximum Gasteiger partial charge on any atom is 0.0922 e. The van der Waals surface area contributed by atoms with Crippen molar-refractivity contribution >= 4 is 28.9 Å². The maximum atomic E-state index is 6.45. The average Bonchev–Trinajstić information content (AvgIpc) is 3.15. The van der Waals surface area contributed by atoms with Crippen molar-refractivity contribution < 1.29 is 0 Å². The lowest BCUT2D eigenvalue weighted by Gasteiger charge is -2.12. The van der Waals surface area contributed by atoms with Crippen LogP contribution in [0.5, 0.6) is 0 Å². The van der Waals surface area contributed by atoms with Gasteiger partial charge in [-0.25, -0.2) is 0 Å². The molecule has 0 atom stereocenters. The van der Waals surface area contributed by atoms with Crippen molar-refractivity contribution in [3.8, 4) is 5.69 Å². The number of halogens is 2. The lowest BCUT2D eigenvalue weighted by atomic mass is 10.1. The van der Waals surface area contributed by atoms with E-state index in [4.69, 9.17) is 28.2 Å². The quantitative estimate of drug-likeness (QED) is 0.680. The number of benzene rings is 1. The van der Waals surface area contributed by atoms with Crippen LogP contribution in [0.3, 0.4) is 0 Å². The molecule has 0 N–H and O–H groups in total. The van der Waals surface area contributed by atoms with Crippen LogP contribution in [-0.2, 0) is 13.1 Å². The van der Waals surface area contributed by atoms with Crippen molar-refractivity contribution in [3.63, 3.8) is 0 Å². The summed E-state index contributed by atoms with van der Waals surface area (Å²) < 4.78 is 3.97. The van der Waals surface area contributed by atoms with E-state index in [1.54, 1.807) is 6.07 Å². The van der Waals surface area contributed by atoms with Crippen molar-refractivity contribution in [1.29, 1.82) is 0 Å². The summed E-state index contributed by atoms with van der Waals surface area (Å²) in [5, 5.41) is 5.61. The Bertz CT molecular complexity index is 921. The fourth-order valence-corrected chi connectivity index (χ4v) is 3.55. The second-order valence-corrected chi connectivity index (χ2v) is 6.25. The van der Waals surface area contributed by atoms with Gasteiger partial charge in [-0.3, -0.25) is 9.67 Å². The molecule has 1 aromatic carbocycles. The zero-order chi connectivity index (χ0) is 16.0. The fraction of sp³-hybridized carbons (Fsp3) is 0.176. The zero-order valence-corrected chi connectivity index (χ0v) is 14.0. The van der Waals surface area contributed by atoms with E-state index in [1.807, 2.05) is 41.5 Å². The highest BCUT2D eigenvalue weighted by atomic mass is 35.5. The van der Waals surface area contributed by atoms with E-state index in [0.717, 1.165) is 34.8 Å². The van der Waals surface area contributed by atoms with E-state index in [9.17, 15) is 0 Å². The third-order valence-electron chi connectivity index (χ3n) is 3.98. The number of aryl methyl sites for hydroxylation is 1. The lowest BCUT2D eigenvalue weighted by Crippen LogP contribution is -2.08. The van der Waals surface area contributed by atoms with Crippen LogP contribution in [0.1, 0.15) is 23.7 Å². The predicted octanol–water partition coefficient (Wildman–Crippen LogP) is 4.35. The first kappa shape index (κ1) is 14.5. The molecule has 3 aromatic rings. The Labute approximate surface area is 144 Å². The first-order valence-electron chi connectivity index (χ1n) is 7.40. The van der Waals surface area contributed by atoms with E-state index < -0.39 is 0 Å². The Kier molecular flexibility index (Phi) is 3.51. The third kappa shape index (κ3) is 2.38. The molecule has 0 unspecified atom stereocenters. The average molecular weight is 345 g/mol. The van der Waals surface area contributed by atoms with E-state index >= 15 is 0 Å². The summed E-state index contributed by atoms with van der Waals surface area (Å²) in [4.78, 5) is 4.80. The molecule has 4 rings (SSSR count). The number of rotatable bonds is 2. The molecule has 6 heteroatoms. The largest absolute Gasteiger partial charge is 0.313 e. The summed E-state index contributed by atoms with van der Waals surface area (Å²) in [6.45, 7) is 3.42. The molecule has 0 spiro atoms. The van der Waals surface area contributed by atoms with Crippen molar-refractivity contribution in [1.82, 2.24) is 14.3 Å². The predicted molar refractivity (Wildman–Crippen MR) is 93.0 cm³/mol. The van der Waals surface area contributed by atoms with Crippen LogP contribution in [0.2, 0.25) is 10.0 Å². The standard InChI is InChI=1S/C17H14Cl2N4/c1-2-22-10-12(9-21-22)16-15-4-3-5-23(15)17-11(8-20-16)6-13(18)7-14(17)19/h3-7,9-10H,2,8H2,1H3. The van der Waals surface area contributed by atoms with Crippen molar-refractivity contribution in [3.05, 3.63) is 69.7 Å². The number of hydrogen-bond acceptors (Lipinski definition) is 2. The summed E-state index contributed by atoms with van der Waals surface area (Å²) in [5.41, 5.74) is 4.87. The molecular weight excluding hydrogens is 331 g/mol. The van der Waals surface area contributed by atoms with Crippen LogP contribution in [0.25, 0.3) is 5.69 Å². The highest BCUT2D eigenvalue weighted by molar-refractivity contribution is 6.36. The van der Waals surface area contributed by atoms with Gasteiger partial charge in [0, 0.05) is 35.1 Å². The molecule has 2 aromatic heterocycles. The van der Waals surface area contributed by atoms with Gasteiger partial charge < -0.3 is 4.57 Å². The van der Waals surface area contributed by atoms with Crippen LogP contribution in [0.4, 0.5) is 0 Å². The minimum atomic E-state index is 0.532. The highest BCUT2D eigenvalue weighted by Crippen LogP contribution is 2.33. The normalized spacial score (nSPS) is 13.3. The summed E-state index contributed by atoms with van der Waals surface area (Å²) in [5.74, 6) is 0. The Morgan fingerprint density at radius 1 is 1.26 bits per heavy atom. The minimum absolute atomic E-state index is 0.532. The Hall–Kier alpha value is -2.04. The molecule has 0 radical (unpaired) electrons. The summed E-state index contributed by atoms with van der Waals surface area (Å²) in [6, 6.07) is 7.73. The van der Waals surface area contributed by atoms with Gasteiger partial charge in [0.1, 0.15) is 0 Å². The Morgan fingerprint density at radius 3 is 2.91 bits per heavy atom. The number of aliphatic imine (C=N–C) groups is 1. The molecule has 23 heavy (non-hydrogen) atoms. The number of aromatic nitrogens is 3. The molecule has 0 saturated heterocycles. The van der Waals surface area contributed by atoms with Crippen LogP contribution >= 0.6 is 23.2 Å². The Balaban J connectivity index is 1.92. The topological polar surface area (TPSA) is 35.1 Å². The van der Waals surface area contributed by atoms with Gasteiger partial charge in [0.15, 0.2) is 0 Å². The van der Waals surface area contributed by atoms with E-state index in [2.05, 4.69) is 16.6 Å². The SMILES string of the molecule is CCn1cc(C2=NCc3cc(Cl)cc(Cl)c3-n3cccc32)cn1. The van der Waals surface area contributed by atoms with Gasteiger partial charge in [0.25, 0.3) is 0 Å². The van der Waals surface area contributed by atoms with Crippen LogP contribution in [0, 0.1) is 0 Å². The number of nitrogens with zero attached hydrogens (tertiary/aromatic N) is 4. The summed E-state index contributed by atoms with van der Waals surface area (Å²) >= 11 is 12.6. The molecule has 0 amide bonds. The number of hydrogen-bond donors (Lipinski definition) is 0. The number of fused-ring (bicyclic) bond motifs is 3. The van der Waals surface area contributed by atoms with Crippen molar-refractivity contribution in [2.24, 2.45) is 4.99 Å². The smallest absolute Gasteiger partial charge is 0.0922 e. The van der Waals surface area contributed by atoms with Gasteiger partial charge in [-0.05, 0) is 31.2 Å². The first-order valence-corrected chi connectivity index (χ1v) is 8.16. The van der Waals surface area contributed by atoms with Gasteiger partial charge >= 0.3 is 0 Å². The van der Waals surface area contributed by atoms with Gasteiger partial charge in [-0.2, -0.15) is 5.10 Å². The molecule has 1 aliphatic rings. The molecule has 4 nitrogen and oxygen atoms in total. The van der Waals surface area contributed by atoms with E-state index in [0.29, 0.717) is 16.6 Å². The minimum Gasteiger partial charge on any atom is -0.313 e. The van der Waals surface area contributed by atoms with Gasteiger partial charge in [-0.1, -0.05) is 23.2 Å². The lowest BCUT2D eigenvalue weighted by molar-refractivity contribution is 0.660. The van der Waals surface area contributed by atoms with Crippen LogP contribution in [0.15, 0.2) is 47.8 Å². The van der Waals surface area contributed by atoms with Gasteiger partial charge in [-0.15, -0.1) is 0 Å². The zero-order valence-electron chi connectivity index (χ0n) is 12.5. The molecule has 116 valence electrons. The van der Waals surface area contributed by atoms with Crippen molar-refractivity contribution in [2.45, 2.75) is 20.0 Å². The molecule has 1 aliphatic heterocycles. The molecule has 0 bridgehead atoms. The van der Waals surface area contributed by atoms with Crippen LogP contribution in [-0.4, -0.2) is 20.1 Å². The molecule has 0 aliphatic carbocycles.